The van der Waals surface area contributed by atoms with Crippen LogP contribution >= 0.6 is 0 Å². The van der Waals surface area contributed by atoms with Crippen LogP contribution in [0.1, 0.15) is 74.1 Å². The van der Waals surface area contributed by atoms with E-state index in [2.05, 4.69) is 41.4 Å². The summed E-state index contributed by atoms with van der Waals surface area (Å²) >= 11 is 0. The maximum Gasteiger partial charge on any atom is 0.410 e. The van der Waals surface area contributed by atoms with Crippen LogP contribution in [0.3, 0.4) is 0 Å². The summed E-state index contributed by atoms with van der Waals surface area (Å²) in [6.07, 6.45) is 3.91. The van der Waals surface area contributed by atoms with Crippen molar-refractivity contribution in [3.63, 3.8) is 0 Å². The summed E-state index contributed by atoms with van der Waals surface area (Å²) in [5, 5.41) is 23.5. The lowest BCUT2D eigenvalue weighted by atomic mass is 9.62. The molecule has 260 valence electrons. The quantitative estimate of drug-likeness (QED) is 0.321. The molecule has 1 amide bonds. The molecule has 0 bridgehead atoms. The average molecular weight is 655 g/mol. The van der Waals surface area contributed by atoms with Crippen LogP contribution in [-0.2, 0) is 25.5 Å². The number of aromatic nitrogens is 4. The van der Waals surface area contributed by atoms with Crippen LogP contribution in [-0.4, -0.2) is 106 Å². The molecule has 2 saturated heterocycles. The van der Waals surface area contributed by atoms with Gasteiger partial charge in [-0.1, -0.05) is 39.0 Å². The number of pyridine rings is 1. The van der Waals surface area contributed by atoms with Crippen molar-refractivity contribution in [2.45, 2.75) is 122 Å². The Hall–Kier alpha value is -2.87. The molecule has 2 aliphatic rings. The number of hydrogen-bond acceptors (Lipinski definition) is 10. The number of carbonyl (C=O) groups excluding carboxylic acids is 2. The maximum atomic E-state index is 13.7. The van der Waals surface area contributed by atoms with Gasteiger partial charge in [0.15, 0.2) is 11.9 Å². The topological polar surface area (TPSA) is 141 Å². The lowest BCUT2D eigenvalue weighted by Gasteiger charge is -2.42. The lowest BCUT2D eigenvalue weighted by molar-refractivity contribution is -0.210. The molecule has 1 unspecified atom stereocenters. The molecule has 0 radical (unpaired) electrons. The van der Waals surface area contributed by atoms with Gasteiger partial charge in [0, 0.05) is 38.4 Å². The summed E-state index contributed by atoms with van der Waals surface area (Å²) in [4.78, 5) is 33.4. The fourth-order valence-corrected chi connectivity index (χ4v) is 7.55. The molecule has 13 heteroatoms. The molecule has 2 aliphatic heterocycles. The van der Waals surface area contributed by atoms with Crippen molar-refractivity contribution in [3.8, 4) is 11.4 Å². The molecule has 4 heterocycles. The number of nitrogens with zero attached hydrogens (tertiary/aromatic N) is 5. The number of amides is 1. The van der Waals surface area contributed by atoms with Gasteiger partial charge in [0.25, 0.3) is 0 Å². The number of rotatable bonds is 8. The predicted molar refractivity (Wildman–Crippen MR) is 181 cm³/mol. The summed E-state index contributed by atoms with van der Waals surface area (Å²) in [5.74, 6) is -1.09. The first kappa shape index (κ1) is 37.0. The van der Waals surface area contributed by atoms with Crippen LogP contribution in [0.4, 0.5) is 4.79 Å². The first-order valence-electron chi connectivity index (χ1n) is 17.2. The van der Waals surface area contributed by atoms with Crippen molar-refractivity contribution in [3.05, 3.63) is 30.6 Å². The van der Waals surface area contributed by atoms with Crippen LogP contribution in [0.15, 0.2) is 30.6 Å². The highest BCUT2D eigenvalue weighted by molar-refractivity contribution is 6.14. The smallest absolute Gasteiger partial charge is 0.410 e. The van der Waals surface area contributed by atoms with Crippen LogP contribution < -0.4 is 5.32 Å². The molecule has 0 aromatic carbocycles. The van der Waals surface area contributed by atoms with E-state index in [1.807, 2.05) is 53.0 Å². The van der Waals surface area contributed by atoms with Gasteiger partial charge in [-0.25, -0.2) is 4.79 Å². The Morgan fingerprint density at radius 3 is 2.49 bits per heavy atom. The summed E-state index contributed by atoms with van der Waals surface area (Å²) in [5.41, 5.74) is -0.139. The third kappa shape index (κ3) is 8.06. The molecule has 10 atom stereocenters. The predicted octanol–water partition coefficient (Wildman–Crippen LogP) is 3.50. The molecule has 4 rings (SSSR count). The number of methoxy groups -OCH3 is 1. The third-order valence-corrected chi connectivity index (χ3v) is 10.8. The van der Waals surface area contributed by atoms with E-state index in [0.29, 0.717) is 31.7 Å². The first-order valence-corrected chi connectivity index (χ1v) is 17.2. The van der Waals surface area contributed by atoms with Crippen molar-refractivity contribution in [1.82, 2.24) is 30.2 Å². The van der Waals surface area contributed by atoms with E-state index in [4.69, 9.17) is 14.2 Å². The van der Waals surface area contributed by atoms with E-state index in [9.17, 15) is 14.7 Å². The minimum Gasteiger partial charge on any atom is -0.438 e. The summed E-state index contributed by atoms with van der Waals surface area (Å²) in [7, 11) is 3.75. The van der Waals surface area contributed by atoms with E-state index in [1.165, 1.54) is 0 Å². The van der Waals surface area contributed by atoms with E-state index in [-0.39, 0.29) is 35.5 Å². The number of ketones is 1. The van der Waals surface area contributed by atoms with Gasteiger partial charge in [-0.05, 0) is 76.9 Å². The summed E-state index contributed by atoms with van der Waals surface area (Å²) in [6, 6.07) is 5.14. The zero-order valence-corrected chi connectivity index (χ0v) is 29.7. The lowest BCUT2D eigenvalue weighted by Crippen LogP contribution is -2.61. The Morgan fingerprint density at radius 2 is 1.83 bits per heavy atom. The fraction of sp³-hybridized carbons (Fsp3) is 0.735. The number of aryl methyl sites for hydroxylation is 1. The van der Waals surface area contributed by atoms with Gasteiger partial charge < -0.3 is 24.6 Å². The minimum absolute atomic E-state index is 0.0802. The molecule has 12 nitrogen and oxygen atoms in total. The number of nitrogens with one attached hydrogen (secondary N) is 1. The Bertz CT molecular complexity index is 1330. The fourth-order valence-electron chi connectivity index (χ4n) is 7.55. The van der Waals surface area contributed by atoms with Gasteiger partial charge in [-0.15, -0.1) is 5.10 Å². The maximum absolute atomic E-state index is 13.7. The zero-order valence-electron chi connectivity index (χ0n) is 29.7. The second-order valence-electron chi connectivity index (χ2n) is 14.2. The number of aliphatic hydroxyl groups excluding tert-OH is 1. The second kappa shape index (κ2) is 15.6. The molecule has 2 aromatic rings. The van der Waals surface area contributed by atoms with Crippen LogP contribution in [0.25, 0.3) is 11.4 Å². The Balaban J connectivity index is 1.54. The van der Waals surface area contributed by atoms with E-state index in [1.54, 1.807) is 29.8 Å². The third-order valence-electron chi connectivity index (χ3n) is 10.8. The number of fused-ring (bicyclic) bond motifs is 1. The normalized spacial score (nSPS) is 36.0. The highest BCUT2D eigenvalue weighted by Gasteiger charge is 2.58. The summed E-state index contributed by atoms with van der Waals surface area (Å²) in [6.45, 7) is 15.6. The highest BCUT2D eigenvalue weighted by atomic mass is 16.6. The first-order chi connectivity index (χ1) is 22.3. The standard InChI is InChI=1S/C34H55BN6O6/c1-9-27-34(7)30(41(32(44)47-34)17-13-12-16-40-20-26(38-39-40)25-14-10-11-15-36-25)24(5)37-19-21(2)18-33(6,45-8)29(35)22(3)28(42)23(4)31(43)46-27/h10-11,14-15,20-24,27,29-31,37,43H,9,12-13,16-19,35H2,1-8H3/t21-,22+,23-,24-,27-,29-,30-,31?,33-,34-/m1/s1. The molecule has 2 N–H and O–H groups in total. The summed E-state index contributed by atoms with van der Waals surface area (Å²) < 4.78 is 20.3. The van der Waals surface area contributed by atoms with E-state index >= 15 is 0 Å². The number of unbranched alkanes of at least 4 members (excludes halogenated alkanes) is 1. The van der Waals surface area contributed by atoms with Crippen molar-refractivity contribution >= 4 is 19.7 Å². The van der Waals surface area contributed by atoms with Crippen LogP contribution in [0.5, 0.6) is 0 Å². The molecule has 0 aliphatic carbocycles. The number of carbonyl (C=O) groups is 2. The van der Waals surface area contributed by atoms with Crippen LogP contribution in [0, 0.1) is 17.8 Å². The van der Waals surface area contributed by atoms with Crippen LogP contribution in [0.2, 0.25) is 5.82 Å². The number of hydrogen-bond donors (Lipinski definition) is 2. The molecule has 2 fully saturated rings. The van der Waals surface area contributed by atoms with Crippen molar-refractivity contribution in [1.29, 1.82) is 0 Å². The largest absolute Gasteiger partial charge is 0.438 e. The molecule has 2 aromatic heterocycles. The Morgan fingerprint density at radius 1 is 1.11 bits per heavy atom. The van der Waals surface area contributed by atoms with Gasteiger partial charge in [0.1, 0.15) is 25.4 Å². The Kier molecular flexibility index (Phi) is 12.2. The van der Waals surface area contributed by atoms with Gasteiger partial charge in [-0.2, -0.15) is 0 Å². The Labute approximate surface area is 280 Å². The van der Waals surface area contributed by atoms with Gasteiger partial charge in [0.05, 0.1) is 29.5 Å². The van der Waals surface area contributed by atoms with Gasteiger partial charge in [0.2, 0.25) is 0 Å². The SMILES string of the molecule is B[C@@H]1[C@@H](C)C(=O)[C@@H](C)C(O)O[C@H](CC)[C@@]2(C)OC(=O)N(CCCCn3cc(-c4ccccn4)nn3)[C@@H]2[C@@H](C)NC[C@H](C)C[C@@]1(C)OC. The molecule has 47 heavy (non-hydrogen) atoms. The zero-order chi connectivity index (χ0) is 34.5. The van der Waals surface area contributed by atoms with Crippen molar-refractivity contribution < 1.29 is 28.9 Å². The molecular formula is C34H55BN6O6. The molecular weight excluding hydrogens is 599 g/mol. The monoisotopic (exact) mass is 654 g/mol. The minimum atomic E-state index is -1.35. The molecule has 0 spiro atoms. The van der Waals surface area contributed by atoms with Gasteiger partial charge >= 0.3 is 6.09 Å². The number of Topliss-reactive ketones (excluding diaryl/α,β-unsaturated/α-hetero) is 1. The van der Waals surface area contributed by atoms with E-state index in [0.717, 1.165) is 25.0 Å². The van der Waals surface area contributed by atoms with Gasteiger partial charge in [-0.3, -0.25) is 19.4 Å². The average Bonchev–Trinajstić information content (AvgIpc) is 3.64. The number of aliphatic hydroxyl groups is 1. The van der Waals surface area contributed by atoms with E-state index < -0.39 is 35.6 Å². The van der Waals surface area contributed by atoms with Crippen molar-refractivity contribution in [2.24, 2.45) is 17.8 Å². The van der Waals surface area contributed by atoms with Crippen molar-refractivity contribution in [2.75, 3.05) is 20.2 Å². The second-order valence-corrected chi connectivity index (χ2v) is 14.2. The number of ether oxygens (including phenoxy) is 3. The highest BCUT2D eigenvalue weighted by Crippen LogP contribution is 2.41. The molecule has 0 saturated carbocycles.